The number of aromatic nitrogens is 4. The summed E-state index contributed by atoms with van der Waals surface area (Å²) in [6.07, 6.45) is 0. The molecule has 22 heavy (non-hydrogen) atoms. The number of aromatic amines is 1. The number of benzene rings is 2. The van der Waals surface area contributed by atoms with Gasteiger partial charge in [-0.2, -0.15) is 4.52 Å². The Labute approximate surface area is 121 Å². The van der Waals surface area contributed by atoms with Crippen LogP contribution in [-0.2, 0) is 0 Å². The highest BCUT2D eigenvalue weighted by Crippen LogP contribution is 2.20. The molecule has 0 fully saturated rings. The molecule has 0 amide bonds. The predicted octanol–water partition coefficient (Wildman–Crippen LogP) is 2.52. The second-order valence-electron chi connectivity index (χ2n) is 4.80. The van der Waals surface area contributed by atoms with Crippen LogP contribution in [0.4, 0.5) is 8.78 Å². The summed E-state index contributed by atoms with van der Waals surface area (Å²) in [4.78, 5) is 18.9. The summed E-state index contributed by atoms with van der Waals surface area (Å²) >= 11 is 0. The maximum absolute atomic E-state index is 13.4. The Bertz CT molecular complexity index is 1070. The Kier molecular flexibility index (Phi) is 2.56. The molecule has 0 atom stereocenters. The Morgan fingerprint density at radius 3 is 2.50 bits per heavy atom. The maximum Gasteiger partial charge on any atom is 0.348 e. The summed E-state index contributed by atoms with van der Waals surface area (Å²) in [5.41, 5.74) is 0.804. The lowest BCUT2D eigenvalue weighted by molar-refractivity contribution is 0.628. The van der Waals surface area contributed by atoms with Gasteiger partial charge in [-0.3, -0.25) is 0 Å². The molecular weight excluding hydrogens is 290 g/mol. The van der Waals surface area contributed by atoms with Crippen LogP contribution in [0.5, 0.6) is 0 Å². The topological polar surface area (TPSA) is 63.0 Å². The zero-order valence-electron chi connectivity index (χ0n) is 11.0. The first-order valence-corrected chi connectivity index (χ1v) is 6.46. The van der Waals surface area contributed by atoms with Crippen LogP contribution in [0, 0.1) is 11.6 Å². The summed E-state index contributed by atoms with van der Waals surface area (Å²) in [6, 6.07) is 9.60. The van der Waals surface area contributed by atoms with Gasteiger partial charge in [0.15, 0.2) is 11.5 Å². The van der Waals surface area contributed by atoms with Crippen LogP contribution in [0.2, 0.25) is 0 Å². The van der Waals surface area contributed by atoms with Crippen molar-refractivity contribution < 1.29 is 8.78 Å². The first-order valence-electron chi connectivity index (χ1n) is 6.46. The summed E-state index contributed by atoms with van der Waals surface area (Å²) < 4.78 is 27.5. The third-order valence-corrected chi connectivity index (χ3v) is 3.37. The first-order chi connectivity index (χ1) is 10.6. The molecule has 0 radical (unpaired) electrons. The minimum Gasteiger partial charge on any atom is -0.305 e. The number of hydrogen-bond acceptors (Lipinski definition) is 3. The third-order valence-electron chi connectivity index (χ3n) is 3.37. The molecule has 108 valence electrons. The van der Waals surface area contributed by atoms with E-state index in [9.17, 15) is 13.6 Å². The van der Waals surface area contributed by atoms with Crippen LogP contribution in [-0.4, -0.2) is 19.6 Å². The van der Waals surface area contributed by atoms with E-state index >= 15 is 0 Å². The van der Waals surface area contributed by atoms with Crippen LogP contribution in [0.1, 0.15) is 0 Å². The zero-order valence-corrected chi connectivity index (χ0v) is 11.0. The molecule has 5 nitrogen and oxygen atoms in total. The van der Waals surface area contributed by atoms with E-state index in [1.165, 1.54) is 42.5 Å². The van der Waals surface area contributed by atoms with E-state index in [4.69, 9.17) is 0 Å². The minimum absolute atomic E-state index is 0.248. The minimum atomic E-state index is -0.477. The molecule has 0 aliphatic rings. The average Bonchev–Trinajstić information content (AvgIpc) is 2.95. The van der Waals surface area contributed by atoms with Gasteiger partial charge >= 0.3 is 5.69 Å². The van der Waals surface area contributed by atoms with Gasteiger partial charge in [0.1, 0.15) is 11.6 Å². The summed E-state index contributed by atoms with van der Waals surface area (Å²) in [6.45, 7) is 0. The second kappa shape index (κ2) is 4.45. The lowest BCUT2D eigenvalue weighted by Gasteiger charge is -1.98. The van der Waals surface area contributed by atoms with E-state index in [-0.39, 0.29) is 17.3 Å². The molecule has 4 aromatic rings. The zero-order chi connectivity index (χ0) is 15.3. The molecule has 7 heteroatoms. The summed E-state index contributed by atoms with van der Waals surface area (Å²) in [5, 5.41) is 4.55. The first kappa shape index (κ1) is 12.6. The normalized spacial score (nSPS) is 11.4. The Balaban J connectivity index is 2.06. The van der Waals surface area contributed by atoms with E-state index in [1.54, 1.807) is 0 Å². The van der Waals surface area contributed by atoms with Crippen molar-refractivity contribution >= 4 is 16.6 Å². The molecule has 4 rings (SSSR count). The van der Waals surface area contributed by atoms with E-state index in [0.29, 0.717) is 16.5 Å². The van der Waals surface area contributed by atoms with Crippen LogP contribution in [0.3, 0.4) is 0 Å². The summed E-state index contributed by atoms with van der Waals surface area (Å²) in [7, 11) is 0. The van der Waals surface area contributed by atoms with Gasteiger partial charge < -0.3 is 4.98 Å². The molecule has 0 unspecified atom stereocenters. The van der Waals surface area contributed by atoms with Crippen molar-refractivity contribution in [1.29, 1.82) is 0 Å². The van der Waals surface area contributed by atoms with Gasteiger partial charge in [0.05, 0.1) is 5.52 Å². The van der Waals surface area contributed by atoms with E-state index < -0.39 is 11.5 Å². The lowest BCUT2D eigenvalue weighted by Crippen LogP contribution is -2.17. The Morgan fingerprint density at radius 1 is 1.00 bits per heavy atom. The number of fused-ring (bicyclic) bond motifs is 3. The molecule has 0 bridgehead atoms. The van der Waals surface area contributed by atoms with E-state index in [0.717, 1.165) is 4.52 Å². The highest BCUT2D eigenvalue weighted by Gasteiger charge is 2.12. The number of halogens is 2. The third kappa shape index (κ3) is 1.86. The number of nitrogens with zero attached hydrogens (tertiary/aromatic N) is 3. The van der Waals surface area contributed by atoms with Crippen LogP contribution >= 0.6 is 0 Å². The number of nitrogens with one attached hydrogen (secondary N) is 1. The van der Waals surface area contributed by atoms with Gasteiger partial charge in [0.2, 0.25) is 0 Å². The Hall–Kier alpha value is -3.09. The molecule has 0 aliphatic heterocycles. The van der Waals surface area contributed by atoms with Gasteiger partial charge in [0.25, 0.3) is 0 Å². The quantitative estimate of drug-likeness (QED) is 0.587. The molecule has 0 spiro atoms. The molecular formula is C15H8F2N4O. The molecule has 2 heterocycles. The van der Waals surface area contributed by atoms with Crippen molar-refractivity contribution in [3.63, 3.8) is 0 Å². The van der Waals surface area contributed by atoms with Gasteiger partial charge in [-0.1, -0.05) is 0 Å². The van der Waals surface area contributed by atoms with Gasteiger partial charge in [-0.15, -0.1) is 5.10 Å². The van der Waals surface area contributed by atoms with Crippen LogP contribution in [0.15, 0.2) is 47.3 Å². The van der Waals surface area contributed by atoms with Crippen molar-refractivity contribution in [3.05, 3.63) is 64.6 Å². The predicted molar refractivity (Wildman–Crippen MR) is 76.5 cm³/mol. The molecule has 2 aromatic heterocycles. The summed E-state index contributed by atoms with van der Waals surface area (Å²) in [5.74, 6) is -0.548. The fourth-order valence-corrected chi connectivity index (χ4v) is 2.33. The van der Waals surface area contributed by atoms with Gasteiger partial charge in [-0.25, -0.2) is 18.6 Å². The number of H-pyrrole nitrogens is 1. The van der Waals surface area contributed by atoms with Crippen molar-refractivity contribution in [2.45, 2.75) is 0 Å². The van der Waals surface area contributed by atoms with Crippen molar-refractivity contribution in [2.75, 3.05) is 0 Å². The van der Waals surface area contributed by atoms with Crippen LogP contribution < -0.4 is 5.69 Å². The largest absolute Gasteiger partial charge is 0.348 e. The fourth-order valence-electron chi connectivity index (χ4n) is 2.33. The molecule has 0 aliphatic carbocycles. The SMILES string of the molecule is O=c1[nH]c2ccc(F)cc2c2nc(-c3ccc(F)cc3)nn12. The van der Waals surface area contributed by atoms with Crippen molar-refractivity contribution in [2.24, 2.45) is 0 Å². The number of rotatable bonds is 1. The smallest absolute Gasteiger partial charge is 0.305 e. The van der Waals surface area contributed by atoms with Gasteiger partial charge in [0, 0.05) is 10.9 Å². The lowest BCUT2D eigenvalue weighted by atomic mass is 10.2. The van der Waals surface area contributed by atoms with E-state index in [2.05, 4.69) is 15.1 Å². The molecule has 1 N–H and O–H groups in total. The monoisotopic (exact) mass is 298 g/mol. The average molecular weight is 298 g/mol. The van der Waals surface area contributed by atoms with E-state index in [1.807, 2.05) is 0 Å². The van der Waals surface area contributed by atoms with Crippen molar-refractivity contribution in [3.8, 4) is 11.4 Å². The highest BCUT2D eigenvalue weighted by molar-refractivity contribution is 5.91. The second-order valence-corrected chi connectivity index (χ2v) is 4.80. The number of hydrogen-bond donors (Lipinski definition) is 1. The van der Waals surface area contributed by atoms with Gasteiger partial charge in [-0.05, 0) is 42.5 Å². The molecule has 0 saturated carbocycles. The standard InChI is InChI=1S/C15H8F2N4O/c16-9-3-1-8(2-4-9)13-19-14-11-7-10(17)5-6-12(11)18-15(22)21(14)20-13/h1-7H,(H,18,22). The maximum atomic E-state index is 13.4. The van der Waals surface area contributed by atoms with Crippen LogP contribution in [0.25, 0.3) is 27.9 Å². The Morgan fingerprint density at radius 2 is 1.73 bits per heavy atom. The highest BCUT2D eigenvalue weighted by atomic mass is 19.1. The molecule has 2 aromatic carbocycles. The van der Waals surface area contributed by atoms with Crippen molar-refractivity contribution in [1.82, 2.24) is 19.6 Å². The molecule has 0 saturated heterocycles. The fraction of sp³-hybridized carbons (Fsp3) is 0.